The third-order valence-electron chi connectivity index (χ3n) is 5.56. The molecule has 1 saturated carbocycles. The Kier molecular flexibility index (Phi) is 10.5. The van der Waals surface area contributed by atoms with Crippen molar-refractivity contribution in [2.75, 3.05) is 0 Å². The largest absolute Gasteiger partial charge is 0.0654 e. The molecule has 20 heavy (non-hydrogen) atoms. The van der Waals surface area contributed by atoms with Gasteiger partial charge < -0.3 is 0 Å². The Bertz CT molecular complexity index is 208. The van der Waals surface area contributed by atoms with E-state index in [0.29, 0.717) is 0 Å². The van der Waals surface area contributed by atoms with Gasteiger partial charge in [0.15, 0.2) is 0 Å². The van der Waals surface area contributed by atoms with Crippen LogP contribution >= 0.6 is 0 Å². The van der Waals surface area contributed by atoms with E-state index in [1.165, 1.54) is 83.5 Å². The lowest BCUT2D eigenvalue weighted by Crippen LogP contribution is -2.03. The molecule has 0 bridgehead atoms. The summed E-state index contributed by atoms with van der Waals surface area (Å²) in [6.45, 7) is 7.08. The van der Waals surface area contributed by atoms with Gasteiger partial charge in [-0.05, 0) is 24.2 Å². The van der Waals surface area contributed by atoms with Gasteiger partial charge in [0, 0.05) is 0 Å². The van der Waals surface area contributed by atoms with Crippen molar-refractivity contribution in [3.05, 3.63) is 0 Å². The molecule has 0 aliphatic heterocycles. The Hall–Kier alpha value is 0. The van der Waals surface area contributed by atoms with Crippen LogP contribution in [0.15, 0.2) is 0 Å². The maximum atomic E-state index is 2.41. The second-order valence-electron chi connectivity index (χ2n) is 7.21. The summed E-state index contributed by atoms with van der Waals surface area (Å²) >= 11 is 0. The summed E-state index contributed by atoms with van der Waals surface area (Å²) in [6, 6.07) is 0. The molecule has 0 aromatic carbocycles. The van der Waals surface area contributed by atoms with Crippen LogP contribution in [0.4, 0.5) is 0 Å². The normalized spacial score (nSPS) is 22.9. The van der Waals surface area contributed by atoms with Crippen LogP contribution in [0.3, 0.4) is 0 Å². The molecule has 0 heteroatoms. The van der Waals surface area contributed by atoms with E-state index in [9.17, 15) is 0 Å². The van der Waals surface area contributed by atoms with Crippen molar-refractivity contribution in [1.82, 2.24) is 0 Å². The minimum Gasteiger partial charge on any atom is -0.0654 e. The zero-order valence-electron chi connectivity index (χ0n) is 14.6. The molecular weight excluding hydrogens is 240 g/mol. The van der Waals surface area contributed by atoms with Crippen LogP contribution in [-0.4, -0.2) is 0 Å². The Morgan fingerprint density at radius 1 is 0.750 bits per heavy atom. The quantitative estimate of drug-likeness (QED) is 0.291. The van der Waals surface area contributed by atoms with Crippen molar-refractivity contribution in [2.24, 2.45) is 17.8 Å². The van der Waals surface area contributed by atoms with E-state index in [4.69, 9.17) is 0 Å². The van der Waals surface area contributed by atoms with Crippen molar-refractivity contribution in [3.8, 4) is 0 Å². The average Bonchev–Trinajstić information content (AvgIpc) is 3.24. The third kappa shape index (κ3) is 7.70. The summed E-state index contributed by atoms with van der Waals surface area (Å²) in [6.07, 6.45) is 20.6. The molecular formula is C20H40. The Labute approximate surface area is 129 Å². The fourth-order valence-electron chi connectivity index (χ4n) is 3.93. The van der Waals surface area contributed by atoms with Gasteiger partial charge in [-0.15, -0.1) is 0 Å². The molecule has 0 spiro atoms. The van der Waals surface area contributed by atoms with Gasteiger partial charge in [0.25, 0.3) is 0 Å². The van der Waals surface area contributed by atoms with E-state index in [1.807, 2.05) is 0 Å². The second kappa shape index (κ2) is 11.6. The number of hydrogen-bond acceptors (Lipinski definition) is 0. The summed E-state index contributed by atoms with van der Waals surface area (Å²) in [7, 11) is 0. The molecule has 3 unspecified atom stereocenters. The highest BCUT2D eigenvalue weighted by molar-refractivity contribution is 4.89. The molecule has 1 aliphatic rings. The highest BCUT2D eigenvalue weighted by Crippen LogP contribution is 2.49. The third-order valence-corrected chi connectivity index (χ3v) is 5.56. The van der Waals surface area contributed by atoms with Crippen molar-refractivity contribution in [3.63, 3.8) is 0 Å². The summed E-state index contributed by atoms with van der Waals surface area (Å²) in [5.41, 5.74) is 0. The van der Waals surface area contributed by atoms with Gasteiger partial charge >= 0.3 is 0 Å². The van der Waals surface area contributed by atoms with Crippen LogP contribution in [-0.2, 0) is 0 Å². The van der Waals surface area contributed by atoms with Crippen LogP contribution < -0.4 is 0 Å². The molecule has 1 rings (SSSR count). The van der Waals surface area contributed by atoms with Gasteiger partial charge in [0.05, 0.1) is 0 Å². The lowest BCUT2D eigenvalue weighted by molar-refractivity contribution is 0.372. The van der Waals surface area contributed by atoms with Crippen LogP contribution in [0, 0.1) is 17.8 Å². The molecule has 120 valence electrons. The summed E-state index contributed by atoms with van der Waals surface area (Å²) in [4.78, 5) is 0. The lowest BCUT2D eigenvalue weighted by atomic mass is 9.92. The molecule has 0 nitrogen and oxygen atoms in total. The molecule has 0 radical (unpaired) electrons. The number of rotatable bonds is 14. The first-order valence-corrected chi connectivity index (χ1v) is 9.83. The number of unbranched alkanes of at least 4 members (excludes halogenated alkanes) is 9. The average molecular weight is 281 g/mol. The Morgan fingerprint density at radius 3 is 1.75 bits per heavy atom. The van der Waals surface area contributed by atoms with Crippen molar-refractivity contribution >= 4 is 0 Å². The molecule has 0 aromatic heterocycles. The van der Waals surface area contributed by atoms with Crippen LogP contribution in [0.2, 0.25) is 0 Å². The highest BCUT2D eigenvalue weighted by Gasteiger charge is 2.39. The Morgan fingerprint density at radius 2 is 1.30 bits per heavy atom. The van der Waals surface area contributed by atoms with Gasteiger partial charge in [-0.25, -0.2) is 0 Å². The topological polar surface area (TPSA) is 0 Å². The zero-order valence-corrected chi connectivity index (χ0v) is 14.6. The van der Waals surface area contributed by atoms with E-state index >= 15 is 0 Å². The first kappa shape index (κ1) is 18.1. The minimum absolute atomic E-state index is 1.06. The van der Waals surface area contributed by atoms with Crippen molar-refractivity contribution < 1.29 is 0 Å². The molecule has 0 N–H and O–H groups in total. The maximum absolute atomic E-state index is 2.41. The molecule has 0 saturated heterocycles. The molecule has 3 atom stereocenters. The van der Waals surface area contributed by atoms with E-state index in [1.54, 1.807) is 6.42 Å². The first-order valence-electron chi connectivity index (χ1n) is 9.83. The standard InChI is InChI=1S/C20H40/c1-4-7-8-9-10-11-12-13-14-15-16-18(5-2)20-17-19(20)6-3/h18-20H,4-17H2,1-3H3. The highest BCUT2D eigenvalue weighted by atomic mass is 14.4. The molecule has 0 aromatic rings. The lowest BCUT2D eigenvalue weighted by Gasteiger charge is -2.14. The van der Waals surface area contributed by atoms with Crippen LogP contribution in [0.5, 0.6) is 0 Å². The molecule has 1 aliphatic carbocycles. The van der Waals surface area contributed by atoms with E-state index < -0.39 is 0 Å². The zero-order chi connectivity index (χ0) is 14.6. The van der Waals surface area contributed by atoms with E-state index in [0.717, 1.165) is 17.8 Å². The van der Waals surface area contributed by atoms with Crippen molar-refractivity contribution in [1.29, 1.82) is 0 Å². The van der Waals surface area contributed by atoms with Gasteiger partial charge in [-0.1, -0.05) is 104 Å². The van der Waals surface area contributed by atoms with Gasteiger partial charge in [-0.2, -0.15) is 0 Å². The summed E-state index contributed by atoms with van der Waals surface area (Å²) < 4.78 is 0. The van der Waals surface area contributed by atoms with Crippen molar-refractivity contribution in [2.45, 2.75) is 111 Å². The fraction of sp³-hybridized carbons (Fsp3) is 1.00. The summed E-state index contributed by atoms with van der Waals surface area (Å²) in [5, 5.41) is 0. The smallest absolute Gasteiger partial charge is 0.0355 e. The fourth-order valence-corrected chi connectivity index (χ4v) is 3.93. The maximum Gasteiger partial charge on any atom is -0.0355 e. The number of hydrogen-bond donors (Lipinski definition) is 0. The summed E-state index contributed by atoms with van der Waals surface area (Å²) in [5.74, 6) is 3.28. The van der Waals surface area contributed by atoms with E-state index in [2.05, 4.69) is 20.8 Å². The van der Waals surface area contributed by atoms with Gasteiger partial charge in [0.2, 0.25) is 0 Å². The van der Waals surface area contributed by atoms with Crippen LogP contribution in [0.1, 0.15) is 111 Å². The van der Waals surface area contributed by atoms with Gasteiger partial charge in [-0.3, -0.25) is 0 Å². The monoisotopic (exact) mass is 280 g/mol. The molecule has 0 amide bonds. The minimum atomic E-state index is 1.06. The van der Waals surface area contributed by atoms with E-state index in [-0.39, 0.29) is 0 Å². The predicted octanol–water partition coefficient (Wildman–Crippen LogP) is 7.37. The first-order chi connectivity index (χ1) is 9.83. The van der Waals surface area contributed by atoms with Crippen LogP contribution in [0.25, 0.3) is 0 Å². The van der Waals surface area contributed by atoms with Gasteiger partial charge in [0.1, 0.15) is 0 Å². The SMILES string of the molecule is CCCCCCCCCCCCC(CC)C1CC1CC. The predicted molar refractivity (Wildman–Crippen MR) is 92.1 cm³/mol. The Balaban J connectivity index is 1.84. The second-order valence-corrected chi connectivity index (χ2v) is 7.21. The molecule has 1 fully saturated rings. The molecule has 0 heterocycles.